The van der Waals surface area contributed by atoms with Gasteiger partial charge in [0.15, 0.2) is 0 Å². The van der Waals surface area contributed by atoms with Gasteiger partial charge in [-0.3, -0.25) is 9.48 Å². The molecular weight excluding hydrogens is 314 g/mol. The Morgan fingerprint density at radius 2 is 2.35 bits per heavy atom. The van der Waals surface area contributed by atoms with Crippen LogP contribution in [-0.4, -0.2) is 22.3 Å². The van der Waals surface area contributed by atoms with Crippen molar-refractivity contribution in [2.45, 2.75) is 32.2 Å². The number of rotatable bonds is 4. The quantitative estimate of drug-likeness (QED) is 0.936. The van der Waals surface area contributed by atoms with Crippen molar-refractivity contribution in [1.82, 2.24) is 15.1 Å². The molecule has 0 aliphatic carbocycles. The van der Waals surface area contributed by atoms with Gasteiger partial charge >= 0.3 is 0 Å². The monoisotopic (exact) mass is 333 g/mol. The largest absolute Gasteiger partial charge is 0.492 e. The fourth-order valence-electron chi connectivity index (χ4n) is 2.84. The third kappa shape index (κ3) is 3.34. The predicted molar refractivity (Wildman–Crippen MR) is 88.7 cm³/mol. The Labute approximate surface area is 140 Å². The van der Waals surface area contributed by atoms with E-state index in [0.717, 1.165) is 23.2 Å². The topological polar surface area (TPSA) is 56.1 Å². The van der Waals surface area contributed by atoms with Gasteiger partial charge in [-0.2, -0.15) is 5.10 Å². The van der Waals surface area contributed by atoms with E-state index < -0.39 is 0 Å². The summed E-state index contributed by atoms with van der Waals surface area (Å²) < 4.78 is 7.44. The maximum atomic E-state index is 12.3. The zero-order valence-electron chi connectivity index (χ0n) is 13.3. The van der Waals surface area contributed by atoms with Crippen LogP contribution in [0, 0.1) is 6.92 Å². The highest BCUT2D eigenvalue weighted by molar-refractivity contribution is 6.32. The van der Waals surface area contributed by atoms with Crippen molar-refractivity contribution in [3.8, 4) is 5.75 Å². The maximum absolute atomic E-state index is 12.3. The fourth-order valence-corrected chi connectivity index (χ4v) is 3.08. The summed E-state index contributed by atoms with van der Waals surface area (Å²) in [5.74, 6) is 0.722. The summed E-state index contributed by atoms with van der Waals surface area (Å²) in [4.78, 5) is 12.3. The Kier molecular flexibility index (Phi) is 4.57. The lowest BCUT2D eigenvalue weighted by Gasteiger charge is -2.27. The Morgan fingerprint density at radius 3 is 3.09 bits per heavy atom. The number of benzene rings is 1. The van der Waals surface area contributed by atoms with Crippen LogP contribution in [0.15, 0.2) is 24.4 Å². The highest BCUT2D eigenvalue weighted by atomic mass is 35.5. The van der Waals surface area contributed by atoms with Crippen molar-refractivity contribution in [2.75, 3.05) is 6.61 Å². The molecule has 6 heteroatoms. The molecule has 3 rings (SSSR count). The number of ether oxygens (including phenoxy) is 1. The van der Waals surface area contributed by atoms with Gasteiger partial charge in [-0.1, -0.05) is 23.7 Å². The van der Waals surface area contributed by atoms with Crippen LogP contribution in [0.4, 0.5) is 0 Å². The first-order valence-electron chi connectivity index (χ1n) is 7.74. The summed E-state index contributed by atoms with van der Waals surface area (Å²) in [5.41, 5.74) is 3.16. The molecule has 2 heterocycles. The molecule has 2 aromatic rings. The number of para-hydroxylation sites is 1. The van der Waals surface area contributed by atoms with E-state index in [-0.39, 0.29) is 11.9 Å². The lowest BCUT2D eigenvalue weighted by Crippen LogP contribution is -2.32. The van der Waals surface area contributed by atoms with Gasteiger partial charge in [-0.25, -0.2) is 0 Å². The van der Waals surface area contributed by atoms with Crippen LogP contribution in [0.3, 0.4) is 0 Å². The predicted octanol–water partition coefficient (Wildman–Crippen LogP) is 2.95. The number of hydrogen-bond acceptors (Lipinski definition) is 3. The summed E-state index contributed by atoms with van der Waals surface area (Å²) in [6, 6.07) is 5.60. The number of fused-ring (bicyclic) bond motifs is 1. The lowest BCUT2D eigenvalue weighted by molar-refractivity contribution is -0.122. The second-order valence-electron chi connectivity index (χ2n) is 5.79. The maximum Gasteiger partial charge on any atom is 0.220 e. The first kappa shape index (κ1) is 15.9. The molecule has 0 saturated carbocycles. The second-order valence-corrected chi connectivity index (χ2v) is 6.20. The molecule has 1 aliphatic rings. The number of carbonyl (C=O) groups excluding carboxylic acids is 1. The van der Waals surface area contributed by atoms with Crippen LogP contribution < -0.4 is 10.1 Å². The molecule has 23 heavy (non-hydrogen) atoms. The van der Waals surface area contributed by atoms with Gasteiger partial charge in [0.25, 0.3) is 0 Å². The van der Waals surface area contributed by atoms with Crippen molar-refractivity contribution < 1.29 is 9.53 Å². The highest BCUT2D eigenvalue weighted by Crippen LogP contribution is 2.37. The minimum Gasteiger partial charge on any atom is -0.492 e. The number of aryl methyl sites for hydroxylation is 2. The van der Waals surface area contributed by atoms with E-state index in [2.05, 4.69) is 10.4 Å². The Morgan fingerprint density at radius 1 is 1.52 bits per heavy atom. The number of nitrogens with zero attached hydrogens (tertiary/aromatic N) is 2. The minimum atomic E-state index is -0.0417. The Hall–Kier alpha value is -2.01. The van der Waals surface area contributed by atoms with E-state index in [1.807, 2.05) is 37.0 Å². The average Bonchev–Trinajstić information content (AvgIpc) is 2.86. The molecule has 122 valence electrons. The van der Waals surface area contributed by atoms with Crippen LogP contribution in [0.1, 0.15) is 35.7 Å². The first-order chi connectivity index (χ1) is 11.1. The average molecular weight is 334 g/mol. The van der Waals surface area contributed by atoms with E-state index in [1.165, 1.54) is 0 Å². The van der Waals surface area contributed by atoms with Gasteiger partial charge in [0.2, 0.25) is 5.91 Å². The fraction of sp³-hybridized carbons (Fsp3) is 0.412. The molecule has 1 aromatic heterocycles. The molecule has 1 atom stereocenters. The van der Waals surface area contributed by atoms with Gasteiger partial charge < -0.3 is 10.1 Å². The van der Waals surface area contributed by atoms with Gasteiger partial charge in [0.1, 0.15) is 5.75 Å². The Bertz CT molecular complexity index is 727. The van der Waals surface area contributed by atoms with Crippen LogP contribution >= 0.6 is 11.6 Å². The van der Waals surface area contributed by atoms with Gasteiger partial charge in [-0.05, 0) is 25.0 Å². The Balaban J connectivity index is 1.63. The van der Waals surface area contributed by atoms with Gasteiger partial charge in [-0.15, -0.1) is 0 Å². The number of amides is 1. The van der Waals surface area contributed by atoms with E-state index in [0.29, 0.717) is 30.2 Å². The number of carbonyl (C=O) groups is 1. The second kappa shape index (κ2) is 6.62. The van der Waals surface area contributed by atoms with Crippen LogP contribution in [0.25, 0.3) is 0 Å². The molecule has 1 amide bonds. The summed E-state index contributed by atoms with van der Waals surface area (Å²) in [5, 5.41) is 7.89. The molecule has 5 nitrogen and oxygen atoms in total. The SMILES string of the molecule is Cc1c(CCC(=O)N[C@@H]2CCOc3c(Cl)cccc32)cnn1C. The molecule has 0 radical (unpaired) electrons. The molecule has 0 unspecified atom stereocenters. The zero-order valence-corrected chi connectivity index (χ0v) is 14.1. The minimum absolute atomic E-state index is 0.0334. The molecule has 0 fully saturated rings. The molecule has 1 aliphatic heterocycles. The van der Waals surface area contributed by atoms with Crippen LogP contribution in [-0.2, 0) is 18.3 Å². The third-order valence-corrected chi connectivity index (χ3v) is 4.62. The van der Waals surface area contributed by atoms with Crippen molar-refractivity contribution >= 4 is 17.5 Å². The summed E-state index contributed by atoms with van der Waals surface area (Å²) in [6.07, 6.45) is 3.72. The lowest BCUT2D eigenvalue weighted by atomic mass is 10.00. The van der Waals surface area contributed by atoms with E-state index >= 15 is 0 Å². The normalized spacial score (nSPS) is 16.6. The first-order valence-corrected chi connectivity index (χ1v) is 8.12. The van der Waals surface area contributed by atoms with Gasteiger partial charge in [0.05, 0.1) is 23.9 Å². The number of hydrogen-bond donors (Lipinski definition) is 1. The van der Waals surface area contributed by atoms with E-state index in [9.17, 15) is 4.79 Å². The smallest absolute Gasteiger partial charge is 0.220 e. The number of nitrogens with one attached hydrogen (secondary N) is 1. The van der Waals surface area contributed by atoms with Crippen molar-refractivity contribution in [1.29, 1.82) is 0 Å². The molecular formula is C17H20ClN3O2. The third-order valence-electron chi connectivity index (χ3n) is 4.32. The molecule has 0 bridgehead atoms. The zero-order chi connectivity index (χ0) is 16.4. The number of halogens is 1. The van der Waals surface area contributed by atoms with E-state index in [1.54, 1.807) is 6.07 Å². The van der Waals surface area contributed by atoms with Crippen LogP contribution in [0.2, 0.25) is 5.02 Å². The highest BCUT2D eigenvalue weighted by Gasteiger charge is 2.24. The number of aromatic nitrogens is 2. The molecule has 1 aromatic carbocycles. The van der Waals surface area contributed by atoms with E-state index in [4.69, 9.17) is 16.3 Å². The van der Waals surface area contributed by atoms with Crippen molar-refractivity contribution in [3.63, 3.8) is 0 Å². The summed E-state index contributed by atoms with van der Waals surface area (Å²) in [7, 11) is 1.90. The van der Waals surface area contributed by atoms with Crippen molar-refractivity contribution in [2.24, 2.45) is 7.05 Å². The molecule has 0 saturated heterocycles. The molecule has 1 N–H and O–H groups in total. The van der Waals surface area contributed by atoms with Crippen LogP contribution in [0.5, 0.6) is 5.75 Å². The molecule has 0 spiro atoms. The van der Waals surface area contributed by atoms with Crippen molar-refractivity contribution in [3.05, 3.63) is 46.2 Å². The summed E-state index contributed by atoms with van der Waals surface area (Å²) in [6.45, 7) is 2.57. The summed E-state index contributed by atoms with van der Waals surface area (Å²) >= 11 is 6.16. The standard InChI is InChI=1S/C17H20ClN3O2/c1-11-12(10-19-21(11)2)6-7-16(22)20-15-8-9-23-17-13(15)4-3-5-14(17)18/h3-5,10,15H,6-9H2,1-2H3,(H,20,22)/t15-/m1/s1. The van der Waals surface area contributed by atoms with Gasteiger partial charge in [0, 0.05) is 31.1 Å².